The SMILES string of the molecule is CC1(F)Oc2ccc(CNC(=O)c3sc4nnc5c(c4c3N)CCCC5)cc2O1. The number of amides is 1. The number of carbonyl (C=O) groups excluding carboxylic acids is 1. The van der Waals surface area contributed by atoms with Crippen LogP contribution in [0.2, 0.25) is 0 Å². The number of alkyl halides is 1. The Labute approximate surface area is 170 Å². The molecule has 0 saturated carbocycles. The van der Waals surface area contributed by atoms with E-state index in [1.807, 2.05) is 0 Å². The highest BCUT2D eigenvalue weighted by molar-refractivity contribution is 7.21. The van der Waals surface area contributed by atoms with E-state index in [9.17, 15) is 9.18 Å². The van der Waals surface area contributed by atoms with Crippen molar-refractivity contribution in [1.29, 1.82) is 0 Å². The lowest BCUT2D eigenvalue weighted by atomic mass is 9.94. The molecule has 1 aromatic carbocycles. The van der Waals surface area contributed by atoms with Crippen molar-refractivity contribution in [1.82, 2.24) is 15.5 Å². The van der Waals surface area contributed by atoms with Crippen LogP contribution >= 0.6 is 11.3 Å². The number of nitrogens with two attached hydrogens (primary N) is 1. The molecule has 150 valence electrons. The first-order chi connectivity index (χ1) is 13.9. The van der Waals surface area contributed by atoms with Gasteiger partial charge in [-0.3, -0.25) is 4.79 Å². The Morgan fingerprint density at radius 2 is 2.07 bits per heavy atom. The molecule has 2 aliphatic rings. The predicted octanol–water partition coefficient (Wildman–Crippen LogP) is 3.50. The number of aromatic nitrogens is 2. The molecule has 29 heavy (non-hydrogen) atoms. The number of anilines is 1. The van der Waals surface area contributed by atoms with Crippen LogP contribution < -0.4 is 20.5 Å². The van der Waals surface area contributed by atoms with Gasteiger partial charge in [-0.15, -0.1) is 16.4 Å². The Bertz CT molecular complexity index is 1140. The number of nitrogen functional groups attached to an aromatic ring is 1. The van der Waals surface area contributed by atoms with E-state index < -0.39 is 6.04 Å². The molecule has 5 rings (SSSR count). The molecular formula is C20H19FN4O3S. The Morgan fingerprint density at radius 3 is 2.93 bits per heavy atom. The van der Waals surface area contributed by atoms with Gasteiger partial charge < -0.3 is 20.5 Å². The number of hydrogen-bond donors (Lipinski definition) is 2. The Balaban J connectivity index is 1.37. The van der Waals surface area contributed by atoms with E-state index in [1.165, 1.54) is 18.3 Å². The van der Waals surface area contributed by atoms with Crippen molar-refractivity contribution in [2.75, 3.05) is 5.73 Å². The summed E-state index contributed by atoms with van der Waals surface area (Å²) in [5.41, 5.74) is 9.68. The molecule has 0 saturated heterocycles. The fourth-order valence-corrected chi connectivity index (χ4v) is 4.83. The summed E-state index contributed by atoms with van der Waals surface area (Å²) >= 11 is 1.25. The van der Waals surface area contributed by atoms with Crippen molar-refractivity contribution >= 4 is 33.1 Å². The number of aryl methyl sites for hydroxylation is 2. The number of benzene rings is 1. The van der Waals surface area contributed by atoms with Crippen molar-refractivity contribution in [3.63, 3.8) is 0 Å². The van der Waals surface area contributed by atoms with Crippen molar-refractivity contribution in [2.45, 2.75) is 45.2 Å². The average molecular weight is 414 g/mol. The molecule has 0 bridgehead atoms. The van der Waals surface area contributed by atoms with E-state index in [0.717, 1.165) is 47.9 Å². The van der Waals surface area contributed by atoms with Crippen molar-refractivity contribution in [2.24, 2.45) is 0 Å². The first-order valence-corrected chi connectivity index (χ1v) is 10.3. The molecule has 0 spiro atoms. The summed E-state index contributed by atoms with van der Waals surface area (Å²) in [5, 5.41) is 12.3. The second-order valence-corrected chi connectivity index (χ2v) is 8.36. The number of halogens is 1. The van der Waals surface area contributed by atoms with Gasteiger partial charge >= 0.3 is 6.04 Å². The third-order valence-corrected chi connectivity index (χ3v) is 6.27. The summed E-state index contributed by atoms with van der Waals surface area (Å²) in [6.45, 7) is 1.44. The zero-order chi connectivity index (χ0) is 20.2. The summed E-state index contributed by atoms with van der Waals surface area (Å²) in [5.74, 6) is 0.371. The van der Waals surface area contributed by atoms with Gasteiger partial charge in [-0.05, 0) is 48.9 Å². The van der Waals surface area contributed by atoms with Gasteiger partial charge in [0.2, 0.25) is 0 Å². The van der Waals surface area contributed by atoms with Gasteiger partial charge in [-0.25, -0.2) is 0 Å². The molecule has 3 N–H and O–H groups in total. The third-order valence-electron chi connectivity index (χ3n) is 5.18. The maximum atomic E-state index is 13.8. The molecule has 3 aromatic rings. The third kappa shape index (κ3) is 3.15. The Kier molecular flexibility index (Phi) is 4.09. The van der Waals surface area contributed by atoms with E-state index in [1.54, 1.807) is 18.2 Å². The van der Waals surface area contributed by atoms with Gasteiger partial charge in [0.25, 0.3) is 5.91 Å². The normalized spacial score (nSPS) is 19.9. The predicted molar refractivity (Wildman–Crippen MR) is 107 cm³/mol. The van der Waals surface area contributed by atoms with Gasteiger partial charge in [0.15, 0.2) is 11.5 Å². The van der Waals surface area contributed by atoms with E-state index in [-0.39, 0.29) is 12.5 Å². The van der Waals surface area contributed by atoms with Crippen LogP contribution in [0.3, 0.4) is 0 Å². The van der Waals surface area contributed by atoms with Crippen LogP contribution in [-0.2, 0) is 19.4 Å². The summed E-state index contributed by atoms with van der Waals surface area (Å²) < 4.78 is 23.9. The smallest absolute Gasteiger partial charge is 0.404 e. The molecule has 1 aliphatic carbocycles. The zero-order valence-electron chi connectivity index (χ0n) is 15.8. The average Bonchev–Trinajstić information content (AvgIpc) is 3.20. The first kappa shape index (κ1) is 18.1. The fraction of sp³-hybridized carbons (Fsp3) is 0.350. The molecule has 0 radical (unpaired) electrons. The lowest BCUT2D eigenvalue weighted by molar-refractivity contribution is -0.173. The van der Waals surface area contributed by atoms with Gasteiger partial charge in [-0.2, -0.15) is 9.49 Å². The molecule has 1 amide bonds. The van der Waals surface area contributed by atoms with Gasteiger partial charge in [0.1, 0.15) is 9.71 Å². The summed E-state index contributed by atoms with van der Waals surface area (Å²) in [7, 11) is 0. The minimum absolute atomic E-state index is 0.246. The standard InChI is InChI=1S/C20H19FN4O3S/c1-20(21)27-13-7-6-10(8-14(13)28-20)9-23-18(26)17-16(22)15-11-4-2-3-5-12(11)24-25-19(15)29-17/h6-8H,2-5,9,22H2,1H3,(H,23,26). The van der Waals surface area contributed by atoms with E-state index >= 15 is 0 Å². The van der Waals surface area contributed by atoms with Crippen LogP contribution in [0, 0.1) is 0 Å². The summed E-state index contributed by atoms with van der Waals surface area (Å²) in [4.78, 5) is 13.9. The minimum Gasteiger partial charge on any atom is -0.423 e. The molecule has 1 atom stereocenters. The van der Waals surface area contributed by atoms with Gasteiger partial charge in [0.05, 0.1) is 11.4 Å². The van der Waals surface area contributed by atoms with E-state index in [4.69, 9.17) is 15.2 Å². The van der Waals surface area contributed by atoms with Crippen LogP contribution in [0.25, 0.3) is 10.2 Å². The van der Waals surface area contributed by atoms with Crippen LogP contribution in [0.5, 0.6) is 11.5 Å². The highest BCUT2D eigenvalue weighted by atomic mass is 32.1. The number of thiophene rings is 1. The van der Waals surface area contributed by atoms with Crippen molar-refractivity contribution in [3.05, 3.63) is 39.9 Å². The highest BCUT2D eigenvalue weighted by Gasteiger charge is 2.36. The summed E-state index contributed by atoms with van der Waals surface area (Å²) in [6.07, 6.45) is 4.00. The number of ether oxygens (including phenoxy) is 2. The Hall–Kier alpha value is -2.94. The monoisotopic (exact) mass is 414 g/mol. The molecule has 3 heterocycles. The number of rotatable bonds is 3. The molecule has 7 nitrogen and oxygen atoms in total. The molecule has 2 aromatic heterocycles. The lowest BCUT2D eigenvalue weighted by Crippen LogP contribution is -2.27. The fourth-order valence-electron chi connectivity index (χ4n) is 3.84. The molecule has 1 aliphatic heterocycles. The van der Waals surface area contributed by atoms with E-state index in [0.29, 0.717) is 26.9 Å². The number of hydrogen-bond acceptors (Lipinski definition) is 7. The van der Waals surface area contributed by atoms with Gasteiger partial charge in [0, 0.05) is 18.9 Å². The van der Waals surface area contributed by atoms with Crippen LogP contribution in [0.4, 0.5) is 10.1 Å². The number of carbonyl (C=O) groups is 1. The lowest BCUT2D eigenvalue weighted by Gasteiger charge is -2.14. The van der Waals surface area contributed by atoms with Crippen molar-refractivity contribution in [3.8, 4) is 11.5 Å². The number of fused-ring (bicyclic) bond motifs is 4. The number of nitrogens with zero attached hydrogens (tertiary/aromatic N) is 2. The molecule has 0 fully saturated rings. The number of nitrogens with one attached hydrogen (secondary N) is 1. The first-order valence-electron chi connectivity index (χ1n) is 9.46. The maximum absolute atomic E-state index is 13.8. The molecule has 9 heteroatoms. The summed E-state index contributed by atoms with van der Waals surface area (Å²) in [6, 6.07) is 2.85. The minimum atomic E-state index is -2.17. The largest absolute Gasteiger partial charge is 0.423 e. The Morgan fingerprint density at radius 1 is 1.28 bits per heavy atom. The maximum Gasteiger partial charge on any atom is 0.404 e. The van der Waals surface area contributed by atoms with Crippen LogP contribution in [0.15, 0.2) is 18.2 Å². The second-order valence-electron chi connectivity index (χ2n) is 7.36. The zero-order valence-corrected chi connectivity index (χ0v) is 16.6. The highest BCUT2D eigenvalue weighted by Crippen LogP contribution is 2.40. The topological polar surface area (TPSA) is 99.4 Å². The van der Waals surface area contributed by atoms with E-state index in [2.05, 4.69) is 15.5 Å². The molecular weight excluding hydrogens is 395 g/mol. The van der Waals surface area contributed by atoms with Crippen molar-refractivity contribution < 1.29 is 18.7 Å². The van der Waals surface area contributed by atoms with Crippen LogP contribution in [-0.4, -0.2) is 22.1 Å². The van der Waals surface area contributed by atoms with Gasteiger partial charge in [-0.1, -0.05) is 6.07 Å². The quantitative estimate of drug-likeness (QED) is 0.681. The second kappa shape index (κ2) is 6.55. The molecule has 1 unspecified atom stereocenters. The van der Waals surface area contributed by atoms with Crippen LogP contribution in [0.1, 0.15) is 46.3 Å².